The molecular weight excluding hydrogens is 254 g/mol. The van der Waals surface area contributed by atoms with Crippen LogP contribution in [0.15, 0.2) is 17.5 Å². The highest BCUT2D eigenvalue weighted by Crippen LogP contribution is 2.09. The average molecular weight is 273 g/mol. The number of thioether (sulfide) groups is 1. The maximum absolute atomic E-state index is 11.7. The van der Waals surface area contributed by atoms with Gasteiger partial charge in [-0.2, -0.15) is 11.8 Å². The molecule has 0 aliphatic rings. The molecule has 0 aromatic carbocycles. The fourth-order valence-corrected chi connectivity index (χ4v) is 2.55. The molecule has 0 aliphatic carbocycles. The third-order valence-electron chi connectivity index (χ3n) is 2.28. The van der Waals surface area contributed by atoms with Crippen LogP contribution in [0.1, 0.15) is 18.2 Å². The van der Waals surface area contributed by atoms with E-state index in [1.165, 1.54) is 4.88 Å². The summed E-state index contributed by atoms with van der Waals surface area (Å²) in [7, 11) is 0. The van der Waals surface area contributed by atoms with Crippen LogP contribution in [0.25, 0.3) is 0 Å². The van der Waals surface area contributed by atoms with Crippen molar-refractivity contribution >= 4 is 29.1 Å². The van der Waals surface area contributed by atoms with Gasteiger partial charge in [0.05, 0.1) is 6.61 Å². The first-order chi connectivity index (χ1) is 8.27. The predicted molar refractivity (Wildman–Crippen MR) is 74.6 cm³/mol. The number of rotatable bonds is 8. The number of carbonyl (C=O) groups excluding carboxylic acids is 1. The second kappa shape index (κ2) is 8.55. The van der Waals surface area contributed by atoms with Crippen LogP contribution in [0, 0.1) is 0 Å². The van der Waals surface area contributed by atoms with Crippen molar-refractivity contribution in [3.05, 3.63) is 22.4 Å². The quantitative estimate of drug-likeness (QED) is 0.739. The lowest BCUT2D eigenvalue weighted by atomic mass is 10.2. The molecule has 5 heteroatoms. The van der Waals surface area contributed by atoms with Gasteiger partial charge in [0.25, 0.3) is 0 Å². The average Bonchev–Trinajstić information content (AvgIpc) is 2.82. The highest BCUT2D eigenvalue weighted by Gasteiger charge is 2.18. The Balaban J connectivity index is 2.41. The molecule has 1 aromatic rings. The lowest BCUT2D eigenvalue weighted by molar-refractivity contribution is -0.145. The van der Waals surface area contributed by atoms with Gasteiger partial charge in [0.2, 0.25) is 0 Å². The highest BCUT2D eigenvalue weighted by molar-refractivity contribution is 7.98. The Morgan fingerprint density at radius 1 is 1.65 bits per heavy atom. The van der Waals surface area contributed by atoms with Crippen LogP contribution in [0.2, 0.25) is 0 Å². The fraction of sp³-hybridized carbons (Fsp3) is 0.583. The van der Waals surface area contributed by atoms with Gasteiger partial charge in [-0.1, -0.05) is 6.07 Å². The molecule has 3 nitrogen and oxygen atoms in total. The van der Waals surface area contributed by atoms with Crippen LogP contribution in [0.4, 0.5) is 0 Å². The van der Waals surface area contributed by atoms with Crippen LogP contribution in [0.5, 0.6) is 0 Å². The summed E-state index contributed by atoms with van der Waals surface area (Å²) >= 11 is 3.44. The Labute approximate surface area is 111 Å². The number of hydrogen-bond donors (Lipinski definition) is 1. The Morgan fingerprint density at radius 2 is 2.47 bits per heavy atom. The van der Waals surface area contributed by atoms with Crippen LogP contribution in [-0.4, -0.2) is 30.6 Å². The molecule has 96 valence electrons. The first-order valence-corrected chi connectivity index (χ1v) is 7.96. The summed E-state index contributed by atoms with van der Waals surface area (Å²) in [5, 5.41) is 5.30. The normalized spacial score (nSPS) is 12.4. The van der Waals surface area contributed by atoms with Crippen molar-refractivity contribution in [1.82, 2.24) is 5.32 Å². The Bertz CT molecular complexity index is 314. The van der Waals surface area contributed by atoms with Crippen molar-refractivity contribution in [2.75, 3.05) is 18.6 Å². The smallest absolute Gasteiger partial charge is 0.323 e. The third-order valence-corrected chi connectivity index (χ3v) is 3.80. The molecule has 1 heterocycles. The van der Waals surface area contributed by atoms with Crippen molar-refractivity contribution < 1.29 is 9.53 Å². The molecule has 1 aromatic heterocycles. The van der Waals surface area contributed by atoms with Crippen LogP contribution in [0.3, 0.4) is 0 Å². The van der Waals surface area contributed by atoms with E-state index in [4.69, 9.17) is 4.74 Å². The molecule has 0 saturated carbocycles. The Kier molecular flexibility index (Phi) is 7.32. The topological polar surface area (TPSA) is 38.3 Å². The Morgan fingerprint density at radius 3 is 3.06 bits per heavy atom. The second-order valence-electron chi connectivity index (χ2n) is 3.55. The summed E-state index contributed by atoms with van der Waals surface area (Å²) in [5.41, 5.74) is 0. The van der Waals surface area contributed by atoms with Gasteiger partial charge in [-0.3, -0.25) is 10.1 Å². The maximum atomic E-state index is 11.7. The maximum Gasteiger partial charge on any atom is 0.323 e. The van der Waals surface area contributed by atoms with Gasteiger partial charge in [0.15, 0.2) is 0 Å². The van der Waals surface area contributed by atoms with Gasteiger partial charge < -0.3 is 4.74 Å². The molecule has 0 bridgehead atoms. The van der Waals surface area contributed by atoms with E-state index in [0.29, 0.717) is 6.61 Å². The van der Waals surface area contributed by atoms with E-state index >= 15 is 0 Å². The van der Waals surface area contributed by atoms with E-state index in [0.717, 1.165) is 18.7 Å². The number of nitrogens with one attached hydrogen (secondary N) is 1. The van der Waals surface area contributed by atoms with Crippen molar-refractivity contribution in [1.29, 1.82) is 0 Å². The number of hydrogen-bond acceptors (Lipinski definition) is 5. The first kappa shape index (κ1) is 14.5. The number of esters is 1. The minimum absolute atomic E-state index is 0.141. The molecule has 0 amide bonds. The molecule has 1 N–H and O–H groups in total. The fourth-order valence-electron chi connectivity index (χ4n) is 1.42. The van der Waals surface area contributed by atoms with E-state index < -0.39 is 0 Å². The largest absolute Gasteiger partial charge is 0.465 e. The van der Waals surface area contributed by atoms with E-state index in [-0.39, 0.29) is 12.0 Å². The van der Waals surface area contributed by atoms with Gasteiger partial charge in [0.1, 0.15) is 6.04 Å². The molecule has 0 spiro atoms. The lowest BCUT2D eigenvalue weighted by Gasteiger charge is -2.16. The van der Waals surface area contributed by atoms with Crippen molar-refractivity contribution in [3.63, 3.8) is 0 Å². The zero-order valence-electron chi connectivity index (χ0n) is 10.3. The summed E-state index contributed by atoms with van der Waals surface area (Å²) in [5.74, 6) is 0.819. The predicted octanol–water partition coefficient (Wildman–Crippen LogP) is 2.52. The number of thiophene rings is 1. The second-order valence-corrected chi connectivity index (χ2v) is 5.56. The van der Waals surface area contributed by atoms with E-state index in [1.54, 1.807) is 23.1 Å². The van der Waals surface area contributed by atoms with Gasteiger partial charge in [-0.05, 0) is 36.8 Å². The van der Waals surface area contributed by atoms with E-state index in [1.807, 2.05) is 24.6 Å². The molecule has 0 radical (unpaired) electrons. The molecule has 0 saturated heterocycles. The minimum atomic E-state index is -0.190. The zero-order chi connectivity index (χ0) is 12.5. The van der Waals surface area contributed by atoms with Gasteiger partial charge in [-0.25, -0.2) is 0 Å². The molecule has 1 rings (SSSR count). The van der Waals surface area contributed by atoms with Crippen LogP contribution in [-0.2, 0) is 16.1 Å². The van der Waals surface area contributed by atoms with Crippen molar-refractivity contribution in [3.8, 4) is 0 Å². The van der Waals surface area contributed by atoms with E-state index in [9.17, 15) is 4.79 Å². The summed E-state index contributed by atoms with van der Waals surface area (Å²) in [6.07, 6.45) is 2.85. The van der Waals surface area contributed by atoms with Crippen LogP contribution < -0.4 is 5.32 Å². The molecule has 1 atom stereocenters. The summed E-state index contributed by atoms with van der Waals surface area (Å²) < 4.78 is 5.06. The minimum Gasteiger partial charge on any atom is -0.465 e. The van der Waals surface area contributed by atoms with Gasteiger partial charge >= 0.3 is 5.97 Å². The summed E-state index contributed by atoms with van der Waals surface area (Å²) in [4.78, 5) is 13.0. The molecule has 1 unspecified atom stereocenters. The first-order valence-electron chi connectivity index (χ1n) is 5.69. The monoisotopic (exact) mass is 273 g/mol. The lowest BCUT2D eigenvalue weighted by Crippen LogP contribution is -2.38. The molecule has 0 aliphatic heterocycles. The number of ether oxygens (including phenoxy) is 1. The standard InChI is InChI=1S/C12H19NO2S2/c1-3-15-12(14)11(6-8-16-2)13-9-10-5-4-7-17-10/h4-5,7,11,13H,3,6,8-9H2,1-2H3. The molecule has 17 heavy (non-hydrogen) atoms. The summed E-state index contributed by atoms with van der Waals surface area (Å²) in [6.45, 7) is 3.01. The zero-order valence-corrected chi connectivity index (χ0v) is 11.9. The van der Waals surface area contributed by atoms with Crippen molar-refractivity contribution in [2.45, 2.75) is 25.9 Å². The van der Waals surface area contributed by atoms with Crippen LogP contribution >= 0.6 is 23.1 Å². The summed E-state index contributed by atoms with van der Waals surface area (Å²) in [6, 6.07) is 3.89. The van der Waals surface area contributed by atoms with Gasteiger partial charge in [0, 0.05) is 11.4 Å². The molecule has 0 fully saturated rings. The third kappa shape index (κ3) is 5.57. The van der Waals surface area contributed by atoms with Gasteiger partial charge in [-0.15, -0.1) is 11.3 Å². The molecular formula is C12H19NO2S2. The number of carbonyl (C=O) groups is 1. The highest BCUT2D eigenvalue weighted by atomic mass is 32.2. The SMILES string of the molecule is CCOC(=O)C(CCSC)NCc1cccs1. The van der Waals surface area contributed by atoms with E-state index in [2.05, 4.69) is 11.4 Å². The Hall–Kier alpha value is -0.520. The van der Waals surface area contributed by atoms with Crippen molar-refractivity contribution in [2.24, 2.45) is 0 Å².